The molecule has 0 aromatic heterocycles. The Balaban J connectivity index is 2.01. The number of hydrogen-bond donors (Lipinski definition) is 0. The molecular formula is C13H20Cl2O3. The molecule has 0 spiro atoms. The smallest absolute Gasteiger partial charge is 0.353 e. The molecule has 0 aliphatic carbocycles. The van der Waals surface area contributed by atoms with Crippen molar-refractivity contribution in [1.29, 1.82) is 0 Å². The lowest BCUT2D eigenvalue weighted by Gasteiger charge is -2.11. The molecule has 3 nitrogen and oxygen atoms in total. The molecule has 1 heterocycles. The van der Waals surface area contributed by atoms with E-state index in [9.17, 15) is 4.79 Å². The van der Waals surface area contributed by atoms with Crippen molar-refractivity contribution in [3.63, 3.8) is 0 Å². The highest BCUT2D eigenvalue weighted by molar-refractivity contribution is 6.48. The number of ether oxygens (including phenoxy) is 2. The molecule has 1 rings (SSSR count). The summed E-state index contributed by atoms with van der Waals surface area (Å²) >= 11 is 11.4. The molecular weight excluding hydrogens is 275 g/mol. The van der Waals surface area contributed by atoms with E-state index in [-0.39, 0.29) is 10.1 Å². The zero-order chi connectivity index (χ0) is 13.4. The van der Waals surface area contributed by atoms with Crippen LogP contribution in [0, 0.1) is 0 Å². The summed E-state index contributed by atoms with van der Waals surface area (Å²) in [4.78, 5) is 11.1. The summed E-state index contributed by atoms with van der Waals surface area (Å²) in [6, 6.07) is 0. The van der Waals surface area contributed by atoms with Gasteiger partial charge in [-0.05, 0) is 6.42 Å². The number of hydrogen-bond acceptors (Lipinski definition) is 3. The molecule has 0 saturated carbocycles. The summed E-state index contributed by atoms with van der Waals surface area (Å²) in [5, 5.41) is 0.0887. The minimum atomic E-state index is -0.799. The molecule has 0 aromatic rings. The topological polar surface area (TPSA) is 35.5 Å². The minimum Gasteiger partial charge on any atom is -0.426 e. The molecule has 0 bridgehead atoms. The maximum absolute atomic E-state index is 11.1. The molecule has 0 N–H and O–H groups in total. The maximum Gasteiger partial charge on any atom is 0.353 e. The van der Waals surface area contributed by atoms with Gasteiger partial charge < -0.3 is 9.47 Å². The average molecular weight is 295 g/mol. The van der Waals surface area contributed by atoms with Crippen molar-refractivity contribution in [2.75, 3.05) is 6.61 Å². The summed E-state index contributed by atoms with van der Waals surface area (Å²) in [6.07, 6.45) is 7.65. The minimum absolute atomic E-state index is 0.0683. The highest BCUT2D eigenvalue weighted by Gasteiger charge is 2.32. The molecule has 0 radical (unpaired) electrons. The van der Waals surface area contributed by atoms with Gasteiger partial charge in [0.05, 0.1) is 6.61 Å². The van der Waals surface area contributed by atoms with E-state index < -0.39 is 12.3 Å². The molecule has 1 unspecified atom stereocenters. The molecule has 0 amide bonds. The van der Waals surface area contributed by atoms with Crippen LogP contribution in [0.4, 0.5) is 0 Å². The molecule has 1 aliphatic rings. The van der Waals surface area contributed by atoms with Crippen LogP contribution in [0.3, 0.4) is 0 Å². The van der Waals surface area contributed by atoms with E-state index in [2.05, 4.69) is 6.92 Å². The second kappa shape index (κ2) is 8.78. The third kappa shape index (κ3) is 5.17. The lowest BCUT2D eigenvalue weighted by atomic mass is 10.1. The fourth-order valence-electron chi connectivity index (χ4n) is 1.76. The van der Waals surface area contributed by atoms with Crippen LogP contribution in [0.15, 0.2) is 10.1 Å². The maximum atomic E-state index is 11.1. The van der Waals surface area contributed by atoms with Gasteiger partial charge in [0.2, 0.25) is 6.29 Å². The van der Waals surface area contributed by atoms with E-state index in [1.165, 1.54) is 32.1 Å². The highest BCUT2D eigenvalue weighted by Crippen LogP contribution is 2.29. The van der Waals surface area contributed by atoms with Crippen molar-refractivity contribution in [2.24, 2.45) is 0 Å². The quantitative estimate of drug-likeness (QED) is 0.469. The van der Waals surface area contributed by atoms with Crippen LogP contribution in [-0.2, 0) is 14.3 Å². The number of unbranched alkanes of at least 4 members (excludes halogenated alkanes) is 6. The van der Waals surface area contributed by atoms with Gasteiger partial charge in [-0.2, -0.15) is 0 Å². The van der Waals surface area contributed by atoms with E-state index in [0.29, 0.717) is 6.61 Å². The van der Waals surface area contributed by atoms with Crippen LogP contribution in [0.5, 0.6) is 0 Å². The van der Waals surface area contributed by atoms with Gasteiger partial charge in [-0.3, -0.25) is 0 Å². The van der Waals surface area contributed by atoms with Gasteiger partial charge in [-0.1, -0.05) is 68.7 Å². The molecule has 104 valence electrons. The number of esters is 1. The monoisotopic (exact) mass is 294 g/mol. The van der Waals surface area contributed by atoms with Gasteiger partial charge in [0.1, 0.15) is 10.1 Å². The van der Waals surface area contributed by atoms with Crippen molar-refractivity contribution < 1.29 is 14.3 Å². The first-order valence-electron chi connectivity index (χ1n) is 6.54. The van der Waals surface area contributed by atoms with Crippen LogP contribution in [-0.4, -0.2) is 18.9 Å². The van der Waals surface area contributed by atoms with Gasteiger partial charge in [0, 0.05) is 0 Å². The number of cyclic esters (lactones) is 1. The van der Waals surface area contributed by atoms with Crippen LogP contribution in [0.1, 0.15) is 51.9 Å². The summed E-state index contributed by atoms with van der Waals surface area (Å²) in [5.41, 5.74) is 0. The molecule has 1 atom stereocenters. The van der Waals surface area contributed by atoms with Crippen LogP contribution >= 0.6 is 23.2 Å². The third-order valence-electron chi connectivity index (χ3n) is 2.83. The first-order chi connectivity index (χ1) is 8.66. The highest BCUT2D eigenvalue weighted by atomic mass is 35.5. The van der Waals surface area contributed by atoms with Crippen LogP contribution in [0.25, 0.3) is 0 Å². The molecule has 0 fully saturated rings. The summed E-state index contributed by atoms with van der Waals surface area (Å²) < 4.78 is 10.2. The Morgan fingerprint density at radius 3 is 2.28 bits per heavy atom. The zero-order valence-electron chi connectivity index (χ0n) is 10.7. The lowest BCUT2D eigenvalue weighted by Crippen LogP contribution is -2.15. The Morgan fingerprint density at radius 2 is 1.72 bits per heavy atom. The Morgan fingerprint density at radius 1 is 1.11 bits per heavy atom. The van der Waals surface area contributed by atoms with Gasteiger partial charge in [0.25, 0.3) is 0 Å². The Labute approximate surface area is 118 Å². The van der Waals surface area contributed by atoms with E-state index in [4.69, 9.17) is 32.7 Å². The Kier molecular flexibility index (Phi) is 7.71. The van der Waals surface area contributed by atoms with Crippen molar-refractivity contribution in [2.45, 2.75) is 58.2 Å². The Hall–Kier alpha value is -0.250. The van der Waals surface area contributed by atoms with Gasteiger partial charge in [-0.25, -0.2) is 4.79 Å². The molecule has 0 aromatic carbocycles. The largest absolute Gasteiger partial charge is 0.426 e. The SMILES string of the molecule is CCCCCCCCCOC1OC(=O)C(Cl)=C1Cl. The lowest BCUT2D eigenvalue weighted by molar-refractivity contribution is -0.158. The van der Waals surface area contributed by atoms with E-state index in [1.807, 2.05) is 0 Å². The second-order valence-corrected chi connectivity index (χ2v) is 5.18. The molecule has 18 heavy (non-hydrogen) atoms. The predicted octanol–water partition coefficient (Wildman–Crippen LogP) is 4.33. The summed E-state index contributed by atoms with van der Waals surface area (Å²) in [5.74, 6) is -0.605. The van der Waals surface area contributed by atoms with Crippen molar-refractivity contribution >= 4 is 29.2 Å². The number of carbonyl (C=O) groups excluding carboxylic acids is 1. The van der Waals surface area contributed by atoms with E-state index in [0.717, 1.165) is 12.8 Å². The standard InChI is InChI=1S/C13H20Cl2O3/c1-2-3-4-5-6-7-8-9-17-13-11(15)10(14)12(16)18-13/h13H,2-9H2,1H3. The van der Waals surface area contributed by atoms with E-state index >= 15 is 0 Å². The first kappa shape index (κ1) is 15.8. The molecule has 5 heteroatoms. The van der Waals surface area contributed by atoms with Crippen molar-refractivity contribution in [3.05, 3.63) is 10.1 Å². The normalized spacial score (nSPS) is 19.5. The predicted molar refractivity (Wildman–Crippen MR) is 72.6 cm³/mol. The third-order valence-corrected chi connectivity index (χ3v) is 3.65. The average Bonchev–Trinajstić information content (AvgIpc) is 2.60. The first-order valence-corrected chi connectivity index (χ1v) is 7.30. The molecule has 0 saturated heterocycles. The van der Waals surface area contributed by atoms with Crippen LogP contribution < -0.4 is 0 Å². The van der Waals surface area contributed by atoms with Gasteiger partial charge >= 0.3 is 5.97 Å². The summed E-state index contributed by atoms with van der Waals surface area (Å²) in [7, 11) is 0. The number of carbonyl (C=O) groups is 1. The zero-order valence-corrected chi connectivity index (χ0v) is 12.2. The number of halogens is 2. The number of rotatable bonds is 9. The van der Waals surface area contributed by atoms with Gasteiger partial charge in [-0.15, -0.1) is 0 Å². The van der Waals surface area contributed by atoms with Crippen molar-refractivity contribution in [1.82, 2.24) is 0 Å². The van der Waals surface area contributed by atoms with Crippen molar-refractivity contribution in [3.8, 4) is 0 Å². The van der Waals surface area contributed by atoms with E-state index in [1.54, 1.807) is 0 Å². The Bertz CT molecular complexity index is 303. The summed E-state index contributed by atoms with van der Waals surface area (Å²) in [6.45, 7) is 2.74. The van der Waals surface area contributed by atoms with Gasteiger partial charge in [0.15, 0.2) is 0 Å². The fourth-order valence-corrected chi connectivity index (χ4v) is 2.08. The van der Waals surface area contributed by atoms with Crippen LogP contribution in [0.2, 0.25) is 0 Å². The molecule has 1 aliphatic heterocycles. The fraction of sp³-hybridized carbons (Fsp3) is 0.769. The second-order valence-electron chi connectivity index (χ2n) is 4.39.